The van der Waals surface area contributed by atoms with Crippen LogP contribution in [0, 0.1) is 0 Å². The van der Waals surface area contributed by atoms with E-state index in [-0.39, 0.29) is 0 Å². The minimum Gasteiger partial charge on any atom is -0.0879 e. The molecule has 0 aliphatic rings. The second-order valence-electron chi connectivity index (χ2n) is 5.44. The predicted octanol–water partition coefficient (Wildman–Crippen LogP) is 6.49. The van der Waals surface area contributed by atoms with Crippen LogP contribution in [-0.2, 0) is 0 Å². The lowest BCUT2D eigenvalue weighted by Gasteiger charge is -2.12. The van der Waals surface area contributed by atoms with Crippen molar-refractivity contribution in [2.45, 2.75) is 71.1 Å². The highest BCUT2D eigenvalue weighted by Crippen LogP contribution is 2.23. The minimum absolute atomic E-state index is 0.618. The van der Waals surface area contributed by atoms with E-state index in [4.69, 9.17) is 0 Å². The maximum atomic E-state index is 2.44. The zero-order valence-electron chi connectivity index (χ0n) is 12.8. The van der Waals surface area contributed by atoms with Crippen LogP contribution in [0.1, 0.15) is 76.7 Å². The van der Waals surface area contributed by atoms with Gasteiger partial charge >= 0.3 is 0 Å². The normalized spacial score (nSPS) is 12.9. The maximum absolute atomic E-state index is 2.44. The Kier molecular flexibility index (Phi) is 9.14. The molecule has 0 fully saturated rings. The second kappa shape index (κ2) is 10.8. The lowest BCUT2D eigenvalue weighted by atomic mass is 9.93. The first-order valence-corrected chi connectivity index (χ1v) is 8.10. The smallest absolute Gasteiger partial charge is 0.00179 e. The number of benzene rings is 1. The van der Waals surface area contributed by atoms with Crippen LogP contribution in [0.2, 0.25) is 0 Å². The van der Waals surface area contributed by atoms with Crippen molar-refractivity contribution in [3.8, 4) is 0 Å². The third-order valence-corrected chi connectivity index (χ3v) is 3.69. The molecule has 0 heterocycles. The molecule has 0 saturated carbocycles. The van der Waals surface area contributed by atoms with E-state index < -0.39 is 0 Å². The van der Waals surface area contributed by atoms with Gasteiger partial charge in [0, 0.05) is 5.92 Å². The zero-order valence-corrected chi connectivity index (χ0v) is 12.8. The monoisotopic (exact) mass is 258 g/mol. The van der Waals surface area contributed by atoms with Crippen molar-refractivity contribution in [1.29, 1.82) is 0 Å². The highest BCUT2D eigenvalue weighted by atomic mass is 14.1. The molecule has 0 spiro atoms. The first-order valence-electron chi connectivity index (χ1n) is 8.10. The number of allylic oxidation sites excluding steroid dienone is 2. The van der Waals surface area contributed by atoms with Gasteiger partial charge in [-0.15, -0.1) is 0 Å². The van der Waals surface area contributed by atoms with Crippen LogP contribution in [0.4, 0.5) is 0 Å². The summed E-state index contributed by atoms with van der Waals surface area (Å²) in [6.45, 7) is 4.54. The van der Waals surface area contributed by atoms with E-state index in [9.17, 15) is 0 Å². The zero-order chi connectivity index (χ0) is 13.8. The fraction of sp³-hybridized carbons (Fsp3) is 0.579. The first-order chi connectivity index (χ1) is 9.38. The van der Waals surface area contributed by atoms with E-state index in [0.717, 1.165) is 0 Å². The Bertz CT molecular complexity index is 323. The molecule has 0 bridgehead atoms. The van der Waals surface area contributed by atoms with Crippen LogP contribution < -0.4 is 0 Å². The van der Waals surface area contributed by atoms with Crippen molar-refractivity contribution in [3.63, 3.8) is 0 Å². The van der Waals surface area contributed by atoms with Crippen molar-refractivity contribution in [1.82, 2.24) is 0 Å². The number of hydrogen-bond acceptors (Lipinski definition) is 0. The van der Waals surface area contributed by atoms with Gasteiger partial charge in [-0.1, -0.05) is 88.4 Å². The van der Waals surface area contributed by atoms with E-state index in [0.29, 0.717) is 5.92 Å². The Balaban J connectivity index is 2.43. The molecule has 106 valence electrons. The Morgan fingerprint density at radius 2 is 1.63 bits per heavy atom. The maximum Gasteiger partial charge on any atom is 0.00179 e. The largest absolute Gasteiger partial charge is 0.0879 e. The molecule has 0 amide bonds. The molecular formula is C19H30. The number of unbranched alkanes of at least 4 members (excludes halogenated alkanes) is 5. The molecule has 1 aromatic carbocycles. The lowest BCUT2D eigenvalue weighted by Crippen LogP contribution is -1.95. The topological polar surface area (TPSA) is 0 Å². The number of hydrogen-bond donors (Lipinski definition) is 0. The van der Waals surface area contributed by atoms with Crippen LogP contribution in [0.15, 0.2) is 42.5 Å². The third-order valence-electron chi connectivity index (χ3n) is 3.69. The molecule has 1 rings (SSSR count). The van der Waals surface area contributed by atoms with Crippen LogP contribution >= 0.6 is 0 Å². The molecule has 0 radical (unpaired) electrons. The Morgan fingerprint density at radius 1 is 0.895 bits per heavy atom. The summed E-state index contributed by atoms with van der Waals surface area (Å²) in [5.41, 5.74) is 1.47. The molecule has 0 N–H and O–H groups in total. The van der Waals surface area contributed by atoms with Crippen molar-refractivity contribution in [2.75, 3.05) is 0 Å². The van der Waals surface area contributed by atoms with Gasteiger partial charge < -0.3 is 0 Å². The first kappa shape index (κ1) is 16.0. The van der Waals surface area contributed by atoms with Crippen molar-refractivity contribution >= 4 is 0 Å². The standard InChI is InChI=1S/C19H30/c1-3-5-7-8-9-11-15-18(14-6-4-2)19-16-12-10-13-17-19/h10-13,15-18H,3-9,14H2,1-2H3/b15-11+. The summed E-state index contributed by atoms with van der Waals surface area (Å²) in [6, 6.07) is 10.9. The van der Waals surface area contributed by atoms with Gasteiger partial charge in [-0.05, 0) is 24.8 Å². The van der Waals surface area contributed by atoms with Crippen LogP contribution in [-0.4, -0.2) is 0 Å². The van der Waals surface area contributed by atoms with Gasteiger partial charge in [-0.2, -0.15) is 0 Å². The minimum atomic E-state index is 0.618. The molecule has 0 nitrogen and oxygen atoms in total. The summed E-state index contributed by atoms with van der Waals surface area (Å²) >= 11 is 0. The van der Waals surface area contributed by atoms with Crippen LogP contribution in [0.25, 0.3) is 0 Å². The van der Waals surface area contributed by atoms with Crippen LogP contribution in [0.3, 0.4) is 0 Å². The van der Waals surface area contributed by atoms with Gasteiger partial charge in [-0.3, -0.25) is 0 Å². The second-order valence-corrected chi connectivity index (χ2v) is 5.44. The summed E-state index contributed by atoms with van der Waals surface area (Å²) in [4.78, 5) is 0. The van der Waals surface area contributed by atoms with Crippen LogP contribution in [0.5, 0.6) is 0 Å². The van der Waals surface area contributed by atoms with Crippen molar-refractivity contribution in [2.24, 2.45) is 0 Å². The molecule has 1 aromatic rings. The fourth-order valence-electron chi connectivity index (χ4n) is 2.45. The molecule has 19 heavy (non-hydrogen) atoms. The van der Waals surface area contributed by atoms with Gasteiger partial charge in [0.2, 0.25) is 0 Å². The SMILES string of the molecule is CCCCCC/C=C/C(CCCC)c1ccccc1. The quantitative estimate of drug-likeness (QED) is 0.332. The highest BCUT2D eigenvalue weighted by Gasteiger charge is 2.06. The number of rotatable bonds is 10. The van der Waals surface area contributed by atoms with E-state index in [2.05, 4.69) is 56.3 Å². The molecule has 0 aliphatic heterocycles. The summed E-state index contributed by atoms with van der Waals surface area (Å²) in [5, 5.41) is 0. The molecule has 0 heteroatoms. The van der Waals surface area contributed by atoms with Gasteiger partial charge in [0.1, 0.15) is 0 Å². The molecule has 1 unspecified atom stereocenters. The molecule has 0 aliphatic carbocycles. The Morgan fingerprint density at radius 3 is 2.32 bits per heavy atom. The Labute approximate surface area is 119 Å². The summed E-state index contributed by atoms with van der Waals surface area (Å²) in [7, 11) is 0. The fourth-order valence-corrected chi connectivity index (χ4v) is 2.45. The van der Waals surface area contributed by atoms with E-state index >= 15 is 0 Å². The molecule has 0 aromatic heterocycles. The Hall–Kier alpha value is -1.04. The van der Waals surface area contributed by atoms with Gasteiger partial charge in [0.25, 0.3) is 0 Å². The summed E-state index contributed by atoms with van der Waals surface area (Å²) in [6.07, 6.45) is 15.4. The average Bonchev–Trinajstić information content (AvgIpc) is 2.46. The van der Waals surface area contributed by atoms with E-state index in [1.54, 1.807) is 0 Å². The van der Waals surface area contributed by atoms with Gasteiger partial charge in [-0.25, -0.2) is 0 Å². The van der Waals surface area contributed by atoms with Gasteiger partial charge in [0.15, 0.2) is 0 Å². The summed E-state index contributed by atoms with van der Waals surface area (Å²) in [5.74, 6) is 0.618. The average molecular weight is 258 g/mol. The van der Waals surface area contributed by atoms with Crippen molar-refractivity contribution < 1.29 is 0 Å². The lowest BCUT2D eigenvalue weighted by molar-refractivity contribution is 0.654. The van der Waals surface area contributed by atoms with Crippen molar-refractivity contribution in [3.05, 3.63) is 48.0 Å². The molecule has 0 saturated heterocycles. The summed E-state index contributed by atoms with van der Waals surface area (Å²) < 4.78 is 0. The van der Waals surface area contributed by atoms with E-state index in [1.165, 1.54) is 56.9 Å². The molecular weight excluding hydrogens is 228 g/mol. The van der Waals surface area contributed by atoms with Gasteiger partial charge in [0.05, 0.1) is 0 Å². The highest BCUT2D eigenvalue weighted by molar-refractivity contribution is 5.23. The third kappa shape index (κ3) is 7.20. The molecule has 1 atom stereocenters. The van der Waals surface area contributed by atoms with E-state index in [1.807, 2.05) is 0 Å². The predicted molar refractivity (Wildman–Crippen MR) is 86.6 cm³/mol.